The Morgan fingerprint density at radius 3 is 1.00 bits per heavy atom. The zero-order chi connectivity index (χ0) is 61.9. The summed E-state index contributed by atoms with van der Waals surface area (Å²) in [6.07, 6.45) is 87.0. The van der Waals surface area contributed by atoms with Crippen LogP contribution in [0.3, 0.4) is 0 Å². The van der Waals surface area contributed by atoms with E-state index < -0.39 is 24.3 Å². The number of quaternary nitrogens is 1. The second kappa shape index (κ2) is 66.4. The minimum absolute atomic E-state index is 0.182. The maximum absolute atomic E-state index is 13.0. The van der Waals surface area contributed by atoms with E-state index in [0.717, 1.165) is 77.0 Å². The minimum Gasteiger partial charge on any atom is -0.477 e. The van der Waals surface area contributed by atoms with Gasteiger partial charge in [0.25, 0.3) is 6.29 Å². The van der Waals surface area contributed by atoms with E-state index in [-0.39, 0.29) is 32.2 Å². The highest BCUT2D eigenvalue weighted by molar-refractivity contribution is 5.71. The van der Waals surface area contributed by atoms with Gasteiger partial charge >= 0.3 is 17.9 Å². The van der Waals surface area contributed by atoms with E-state index in [1.54, 1.807) is 0 Å². The lowest BCUT2D eigenvalue weighted by Crippen LogP contribution is -2.40. The molecule has 9 nitrogen and oxygen atoms in total. The van der Waals surface area contributed by atoms with Crippen molar-refractivity contribution in [2.45, 2.75) is 334 Å². The van der Waals surface area contributed by atoms with Gasteiger partial charge < -0.3 is 28.5 Å². The molecular formula is C76H136NO8+. The third kappa shape index (κ3) is 67.8. The van der Waals surface area contributed by atoms with Crippen LogP contribution in [0, 0.1) is 0 Å². The number of allylic oxidation sites excluding steroid dienone is 14. The summed E-state index contributed by atoms with van der Waals surface area (Å²) in [6.45, 7) is 4.79. The molecule has 0 spiro atoms. The number of aliphatic carboxylic acids is 1. The Balaban J connectivity index is 4.09. The zero-order valence-corrected chi connectivity index (χ0v) is 56.3. The topological polar surface area (TPSA) is 108 Å². The summed E-state index contributed by atoms with van der Waals surface area (Å²) in [4.78, 5) is 37.6. The molecule has 1 N–H and O–H groups in total. The van der Waals surface area contributed by atoms with Crippen molar-refractivity contribution in [3.05, 3.63) is 85.1 Å². The molecule has 0 rings (SSSR count). The van der Waals surface area contributed by atoms with E-state index in [0.29, 0.717) is 17.4 Å². The lowest BCUT2D eigenvalue weighted by molar-refractivity contribution is -0.870. The summed E-state index contributed by atoms with van der Waals surface area (Å²) in [7, 11) is 5.98. The van der Waals surface area contributed by atoms with Crippen LogP contribution in [0.25, 0.3) is 0 Å². The molecule has 0 aliphatic rings. The fraction of sp³-hybridized carbons (Fsp3) is 0.776. The summed E-state index contributed by atoms with van der Waals surface area (Å²) in [6, 6.07) is 0. The monoisotopic (exact) mass is 1190 g/mol. The smallest absolute Gasteiger partial charge is 0.361 e. The largest absolute Gasteiger partial charge is 0.477 e. The molecule has 0 aromatic heterocycles. The Morgan fingerprint density at radius 1 is 0.365 bits per heavy atom. The van der Waals surface area contributed by atoms with Gasteiger partial charge in [-0.15, -0.1) is 0 Å². The van der Waals surface area contributed by atoms with Crippen molar-refractivity contribution in [1.29, 1.82) is 0 Å². The fourth-order valence-electron chi connectivity index (χ4n) is 10.2. The molecule has 0 amide bonds. The van der Waals surface area contributed by atoms with Gasteiger partial charge in [-0.3, -0.25) is 9.59 Å². The van der Waals surface area contributed by atoms with Crippen LogP contribution in [-0.4, -0.2) is 87.4 Å². The SMILES string of the molecule is CC/C=C\C/C=C\C/C=C\C/C=C\C/C=C\CCCCCCCCCCCCCCCC(=O)OC(COC(=O)CCCCCCCCCCCCCCCCCCCCC/C=C\C/C=C\CCCCCCC)COC(OCC[N+](C)(C)C)C(=O)O. The molecule has 0 aliphatic carbocycles. The van der Waals surface area contributed by atoms with Crippen LogP contribution in [0.1, 0.15) is 322 Å². The molecule has 0 bridgehead atoms. The summed E-state index contributed by atoms with van der Waals surface area (Å²) < 4.78 is 23.0. The highest BCUT2D eigenvalue weighted by Gasteiger charge is 2.25. The number of carboxylic acid groups (broad SMARTS) is 1. The molecule has 0 saturated carbocycles. The maximum atomic E-state index is 13.0. The Kier molecular flexibility index (Phi) is 63.7. The summed E-state index contributed by atoms with van der Waals surface area (Å²) in [5.74, 6) is -1.99. The number of nitrogens with zero attached hydrogens (tertiary/aromatic N) is 1. The Bertz CT molecular complexity index is 1670. The Morgan fingerprint density at radius 2 is 0.671 bits per heavy atom. The van der Waals surface area contributed by atoms with Crippen LogP contribution in [0.2, 0.25) is 0 Å². The molecule has 492 valence electrons. The number of ether oxygens (including phenoxy) is 4. The van der Waals surface area contributed by atoms with E-state index in [4.69, 9.17) is 18.9 Å². The van der Waals surface area contributed by atoms with Crippen molar-refractivity contribution in [3.63, 3.8) is 0 Å². The molecule has 0 aliphatic heterocycles. The first-order valence-electron chi connectivity index (χ1n) is 35.8. The summed E-state index contributed by atoms with van der Waals surface area (Å²) in [5.41, 5.74) is 0. The van der Waals surface area contributed by atoms with Crippen LogP contribution < -0.4 is 0 Å². The number of hydrogen-bond acceptors (Lipinski definition) is 7. The molecular weight excluding hydrogens is 1050 g/mol. The normalized spacial score (nSPS) is 13.2. The van der Waals surface area contributed by atoms with Crippen molar-refractivity contribution in [1.82, 2.24) is 0 Å². The van der Waals surface area contributed by atoms with Gasteiger partial charge in [-0.2, -0.15) is 0 Å². The second-order valence-corrected chi connectivity index (χ2v) is 25.2. The molecule has 0 radical (unpaired) electrons. The average molecular weight is 1190 g/mol. The number of esters is 2. The molecule has 0 saturated heterocycles. The van der Waals surface area contributed by atoms with Crippen LogP contribution in [0.5, 0.6) is 0 Å². The number of carboxylic acids is 1. The molecule has 0 aromatic carbocycles. The van der Waals surface area contributed by atoms with Crippen LogP contribution in [-0.2, 0) is 33.3 Å². The number of unbranched alkanes of at least 4 members (excludes halogenated alkanes) is 37. The standard InChI is InChI=1S/C76H135NO8/c1-6-8-10-12-14-16-18-20-22-24-26-28-30-32-34-36-37-39-40-42-44-46-48-50-52-54-56-58-60-62-64-66-73(78)83-70-72(71-84-76(75(80)81)82-69-68-77(3,4)5)85-74(79)67-65-63-61-59-57-55-53-51-49-47-45-43-41-38-35-33-31-29-27-25-23-21-19-17-15-13-11-9-7-2/h9,11,15,17-18,20-21,23-24,26-27,29,33,35,72,76H,6-8,10,12-14,16,19,22,25,28,30-32,34,36-71H2,1-5H3/p+1/b11-9-,17-15-,20-18-,23-21-,26-24-,29-27-,35-33-. The molecule has 2 atom stereocenters. The van der Waals surface area contributed by atoms with Gasteiger partial charge in [-0.05, 0) is 89.9 Å². The average Bonchev–Trinajstić information content (AvgIpc) is 3.48. The third-order valence-electron chi connectivity index (χ3n) is 15.6. The molecule has 0 heterocycles. The van der Waals surface area contributed by atoms with Crippen molar-refractivity contribution >= 4 is 17.9 Å². The second-order valence-electron chi connectivity index (χ2n) is 25.2. The Hall–Kier alpha value is -3.53. The third-order valence-corrected chi connectivity index (χ3v) is 15.6. The predicted molar refractivity (Wildman–Crippen MR) is 364 cm³/mol. The number of carbonyl (C=O) groups excluding carboxylic acids is 2. The molecule has 2 unspecified atom stereocenters. The van der Waals surface area contributed by atoms with E-state index in [1.165, 1.54) is 218 Å². The first-order valence-corrected chi connectivity index (χ1v) is 35.8. The first-order chi connectivity index (χ1) is 41.6. The lowest BCUT2D eigenvalue weighted by Gasteiger charge is -2.25. The van der Waals surface area contributed by atoms with Gasteiger partial charge in [0.05, 0.1) is 34.4 Å². The van der Waals surface area contributed by atoms with Crippen LogP contribution in [0.4, 0.5) is 0 Å². The minimum atomic E-state index is -1.51. The molecule has 0 fully saturated rings. The van der Waals surface area contributed by atoms with Crippen molar-refractivity contribution in [3.8, 4) is 0 Å². The molecule has 85 heavy (non-hydrogen) atoms. The Labute approximate surface area is 525 Å². The van der Waals surface area contributed by atoms with Gasteiger partial charge in [0.2, 0.25) is 0 Å². The molecule has 0 aromatic rings. The number of likely N-dealkylation sites (N-methyl/N-ethyl adjacent to an activating group) is 1. The quantitative estimate of drug-likeness (QED) is 0.0211. The first kappa shape index (κ1) is 81.5. The van der Waals surface area contributed by atoms with Gasteiger partial charge in [-0.25, -0.2) is 4.79 Å². The van der Waals surface area contributed by atoms with Crippen molar-refractivity contribution < 1.29 is 42.9 Å². The van der Waals surface area contributed by atoms with E-state index in [9.17, 15) is 19.5 Å². The van der Waals surface area contributed by atoms with Crippen molar-refractivity contribution in [2.75, 3.05) is 47.5 Å². The van der Waals surface area contributed by atoms with E-state index >= 15 is 0 Å². The zero-order valence-electron chi connectivity index (χ0n) is 56.3. The van der Waals surface area contributed by atoms with Gasteiger partial charge in [0.15, 0.2) is 6.10 Å². The van der Waals surface area contributed by atoms with E-state index in [1.807, 2.05) is 21.1 Å². The highest BCUT2D eigenvalue weighted by atomic mass is 16.7. The van der Waals surface area contributed by atoms with Gasteiger partial charge in [0.1, 0.15) is 13.2 Å². The highest BCUT2D eigenvalue weighted by Crippen LogP contribution is 2.18. The summed E-state index contributed by atoms with van der Waals surface area (Å²) >= 11 is 0. The number of carbonyl (C=O) groups is 3. The van der Waals surface area contributed by atoms with Gasteiger partial charge in [0, 0.05) is 12.8 Å². The van der Waals surface area contributed by atoms with Gasteiger partial charge in [-0.1, -0.05) is 304 Å². The van der Waals surface area contributed by atoms with Crippen LogP contribution in [0.15, 0.2) is 85.1 Å². The van der Waals surface area contributed by atoms with E-state index in [2.05, 4.69) is 98.9 Å². The lowest BCUT2D eigenvalue weighted by atomic mass is 10.0. The predicted octanol–water partition coefficient (Wildman–Crippen LogP) is 22.2. The molecule has 9 heteroatoms. The summed E-state index contributed by atoms with van der Waals surface area (Å²) in [5, 5.41) is 9.75. The number of rotatable bonds is 66. The fourth-order valence-corrected chi connectivity index (χ4v) is 10.2. The van der Waals surface area contributed by atoms with Crippen molar-refractivity contribution in [2.24, 2.45) is 0 Å². The maximum Gasteiger partial charge on any atom is 0.361 e. The van der Waals surface area contributed by atoms with Crippen LogP contribution >= 0.6 is 0 Å². The number of hydrogen-bond donors (Lipinski definition) is 1.